The van der Waals surface area contributed by atoms with Crippen LogP contribution >= 0.6 is 11.6 Å². The second-order valence-electron chi connectivity index (χ2n) is 4.01. The molecule has 0 aliphatic carbocycles. The predicted octanol–water partition coefficient (Wildman–Crippen LogP) is 3.46. The number of hydrogen-bond donors (Lipinski definition) is 0. The molecule has 2 nitrogen and oxygen atoms in total. The Hall–Kier alpha value is -1.54. The lowest BCUT2D eigenvalue weighted by Gasteiger charge is -2.19. The van der Waals surface area contributed by atoms with Crippen LogP contribution in [-0.2, 0) is 12.4 Å². The minimum Gasteiger partial charge on any atom is -0.370 e. The lowest BCUT2D eigenvalue weighted by atomic mass is 10.2. The fourth-order valence-corrected chi connectivity index (χ4v) is 1.87. The minimum atomic E-state index is 0.564. The first-order valence-corrected chi connectivity index (χ1v) is 6.08. The van der Waals surface area contributed by atoms with Gasteiger partial charge >= 0.3 is 0 Å². The van der Waals surface area contributed by atoms with Crippen molar-refractivity contribution in [3.8, 4) is 0 Å². The van der Waals surface area contributed by atoms with Crippen molar-refractivity contribution in [1.82, 2.24) is 4.98 Å². The normalized spacial score (nSPS) is 10.2. The number of pyridine rings is 1. The second-order valence-corrected chi connectivity index (χ2v) is 4.28. The average Bonchev–Trinajstić information content (AvgIpc) is 2.40. The van der Waals surface area contributed by atoms with Gasteiger partial charge in [-0.25, -0.2) is 0 Å². The standard InChI is InChI=1S/C14H15ClN2/c1-17(11-13-6-8-16-9-7-13)14-4-2-12(10-15)3-5-14/h2-9H,10-11H2,1H3. The Balaban J connectivity index is 2.06. The van der Waals surface area contributed by atoms with Crippen LogP contribution in [0.4, 0.5) is 5.69 Å². The van der Waals surface area contributed by atoms with Crippen LogP contribution < -0.4 is 4.90 Å². The van der Waals surface area contributed by atoms with E-state index >= 15 is 0 Å². The van der Waals surface area contributed by atoms with Gasteiger partial charge in [0.25, 0.3) is 0 Å². The summed E-state index contributed by atoms with van der Waals surface area (Å²) in [6.45, 7) is 0.878. The Morgan fingerprint density at radius 2 is 1.65 bits per heavy atom. The molecule has 1 heterocycles. The number of halogens is 1. The van der Waals surface area contributed by atoms with E-state index in [-0.39, 0.29) is 0 Å². The van der Waals surface area contributed by atoms with Crippen molar-refractivity contribution in [3.05, 3.63) is 59.9 Å². The molecule has 1 aromatic heterocycles. The largest absolute Gasteiger partial charge is 0.370 e. The molecule has 0 unspecified atom stereocenters. The highest BCUT2D eigenvalue weighted by Gasteiger charge is 2.01. The van der Waals surface area contributed by atoms with Crippen LogP contribution in [0.1, 0.15) is 11.1 Å². The molecule has 2 rings (SSSR count). The van der Waals surface area contributed by atoms with Crippen molar-refractivity contribution < 1.29 is 0 Å². The van der Waals surface area contributed by atoms with E-state index in [1.165, 1.54) is 11.3 Å². The van der Waals surface area contributed by atoms with Crippen molar-refractivity contribution in [2.24, 2.45) is 0 Å². The van der Waals surface area contributed by atoms with Gasteiger partial charge in [-0.3, -0.25) is 4.98 Å². The number of benzene rings is 1. The van der Waals surface area contributed by atoms with E-state index < -0.39 is 0 Å². The molecule has 1 aromatic carbocycles. The maximum absolute atomic E-state index is 5.77. The van der Waals surface area contributed by atoms with E-state index in [0.717, 1.165) is 12.1 Å². The lowest BCUT2D eigenvalue weighted by Crippen LogP contribution is -2.16. The van der Waals surface area contributed by atoms with Crippen LogP contribution in [0.2, 0.25) is 0 Å². The van der Waals surface area contributed by atoms with E-state index in [9.17, 15) is 0 Å². The van der Waals surface area contributed by atoms with Crippen molar-refractivity contribution >= 4 is 17.3 Å². The zero-order chi connectivity index (χ0) is 12.1. The number of hydrogen-bond acceptors (Lipinski definition) is 2. The third-order valence-corrected chi connectivity index (χ3v) is 3.01. The smallest absolute Gasteiger partial charge is 0.0474 e. The summed E-state index contributed by atoms with van der Waals surface area (Å²) >= 11 is 5.77. The zero-order valence-electron chi connectivity index (χ0n) is 9.81. The van der Waals surface area contributed by atoms with Gasteiger partial charge in [-0.05, 0) is 35.4 Å². The predicted molar refractivity (Wildman–Crippen MR) is 72.3 cm³/mol. The zero-order valence-corrected chi connectivity index (χ0v) is 10.6. The van der Waals surface area contributed by atoms with Crippen molar-refractivity contribution in [1.29, 1.82) is 0 Å². The molecule has 17 heavy (non-hydrogen) atoms. The van der Waals surface area contributed by atoms with Gasteiger partial charge in [0.05, 0.1) is 0 Å². The highest BCUT2D eigenvalue weighted by Crippen LogP contribution is 2.16. The Morgan fingerprint density at radius 1 is 1.00 bits per heavy atom. The van der Waals surface area contributed by atoms with Gasteiger partial charge in [0.1, 0.15) is 0 Å². The summed E-state index contributed by atoms with van der Waals surface area (Å²) in [5.41, 5.74) is 3.59. The fourth-order valence-electron chi connectivity index (χ4n) is 1.69. The van der Waals surface area contributed by atoms with Crippen molar-refractivity contribution in [2.45, 2.75) is 12.4 Å². The Labute approximate surface area is 107 Å². The molecule has 0 aliphatic heterocycles. The van der Waals surface area contributed by atoms with Crippen molar-refractivity contribution in [3.63, 3.8) is 0 Å². The van der Waals surface area contributed by atoms with Crippen LogP contribution in [0.15, 0.2) is 48.8 Å². The van der Waals surface area contributed by atoms with Crippen LogP contribution in [0.3, 0.4) is 0 Å². The van der Waals surface area contributed by atoms with Gasteiger partial charge in [-0.1, -0.05) is 12.1 Å². The molecule has 0 aliphatic rings. The quantitative estimate of drug-likeness (QED) is 0.768. The monoisotopic (exact) mass is 246 g/mol. The average molecular weight is 247 g/mol. The van der Waals surface area contributed by atoms with Crippen LogP contribution in [-0.4, -0.2) is 12.0 Å². The van der Waals surface area contributed by atoms with E-state index in [4.69, 9.17) is 11.6 Å². The Morgan fingerprint density at radius 3 is 2.24 bits per heavy atom. The molecule has 0 bridgehead atoms. The van der Waals surface area contributed by atoms with Crippen molar-refractivity contribution in [2.75, 3.05) is 11.9 Å². The fraction of sp³-hybridized carbons (Fsp3) is 0.214. The molecule has 0 radical (unpaired) electrons. The number of aromatic nitrogens is 1. The molecule has 0 fully saturated rings. The number of anilines is 1. The maximum Gasteiger partial charge on any atom is 0.0474 e. The van der Waals surface area contributed by atoms with E-state index in [2.05, 4.69) is 41.2 Å². The summed E-state index contributed by atoms with van der Waals surface area (Å²) < 4.78 is 0. The molecule has 0 saturated heterocycles. The number of nitrogens with zero attached hydrogens (tertiary/aromatic N) is 2. The number of rotatable bonds is 4. The number of alkyl halides is 1. The Bertz CT molecular complexity index is 453. The molecule has 2 aromatic rings. The highest BCUT2D eigenvalue weighted by molar-refractivity contribution is 6.17. The summed E-state index contributed by atoms with van der Waals surface area (Å²) in [5.74, 6) is 0.564. The van der Waals surface area contributed by atoms with E-state index in [0.29, 0.717) is 5.88 Å². The third-order valence-electron chi connectivity index (χ3n) is 2.70. The maximum atomic E-state index is 5.77. The van der Waals surface area contributed by atoms with Gasteiger partial charge < -0.3 is 4.90 Å². The molecule has 0 spiro atoms. The summed E-state index contributed by atoms with van der Waals surface area (Å²) in [6, 6.07) is 12.4. The third kappa shape index (κ3) is 3.21. The van der Waals surface area contributed by atoms with Crippen LogP contribution in [0, 0.1) is 0 Å². The van der Waals surface area contributed by atoms with Gasteiger partial charge in [-0.15, -0.1) is 11.6 Å². The molecule has 0 saturated carbocycles. The molecular formula is C14H15ClN2. The first-order chi connectivity index (χ1) is 8.29. The Kier molecular flexibility index (Phi) is 3.99. The van der Waals surface area contributed by atoms with E-state index in [1.807, 2.05) is 24.5 Å². The molecule has 88 valence electrons. The molecule has 3 heteroatoms. The summed E-state index contributed by atoms with van der Waals surface area (Å²) in [7, 11) is 2.08. The minimum absolute atomic E-state index is 0.564. The molecule has 0 N–H and O–H groups in total. The molecule has 0 amide bonds. The molecular weight excluding hydrogens is 232 g/mol. The van der Waals surface area contributed by atoms with Gasteiger partial charge in [-0.2, -0.15) is 0 Å². The van der Waals surface area contributed by atoms with Gasteiger partial charge in [0.2, 0.25) is 0 Å². The van der Waals surface area contributed by atoms with E-state index in [1.54, 1.807) is 0 Å². The second kappa shape index (κ2) is 5.69. The SMILES string of the molecule is CN(Cc1ccncc1)c1ccc(CCl)cc1. The van der Waals surface area contributed by atoms with Crippen LogP contribution in [0.25, 0.3) is 0 Å². The van der Waals surface area contributed by atoms with Gasteiger partial charge in [0, 0.05) is 37.6 Å². The lowest BCUT2D eigenvalue weighted by molar-refractivity contribution is 0.919. The summed E-state index contributed by atoms with van der Waals surface area (Å²) in [5, 5.41) is 0. The van der Waals surface area contributed by atoms with Crippen LogP contribution in [0.5, 0.6) is 0 Å². The topological polar surface area (TPSA) is 16.1 Å². The molecule has 0 atom stereocenters. The van der Waals surface area contributed by atoms with Gasteiger partial charge in [0.15, 0.2) is 0 Å². The highest BCUT2D eigenvalue weighted by atomic mass is 35.5. The summed E-state index contributed by atoms with van der Waals surface area (Å²) in [6.07, 6.45) is 3.64. The summed E-state index contributed by atoms with van der Waals surface area (Å²) in [4.78, 5) is 6.22. The first-order valence-electron chi connectivity index (χ1n) is 5.54. The first kappa shape index (κ1) is 11.9.